The largest absolute Gasteiger partial charge is 0.364 e. The van der Waals surface area contributed by atoms with Gasteiger partial charge in [0.05, 0.1) is 11.5 Å². The first-order valence-electron chi connectivity index (χ1n) is 6.47. The van der Waals surface area contributed by atoms with Crippen LogP contribution in [0, 0.1) is 6.92 Å². The Hall–Kier alpha value is -0.990. The normalized spacial score (nSPS) is 38.5. The van der Waals surface area contributed by atoms with Crippen molar-refractivity contribution in [1.82, 2.24) is 0 Å². The Balaban J connectivity index is 1.57. The number of aryl methyl sites for hydroxylation is 1. The topological polar surface area (TPSA) is 74.4 Å². The Bertz CT molecular complexity index is 625. The van der Waals surface area contributed by atoms with E-state index in [0.717, 1.165) is 5.56 Å². The zero-order chi connectivity index (χ0) is 13.9. The molecule has 5 atom stereocenters. The number of fused-ring (bicyclic) bond motifs is 4. The molecule has 3 fully saturated rings. The number of hydrogen-bond donors (Lipinski definition) is 0. The van der Waals surface area contributed by atoms with Crippen LogP contribution in [0.15, 0.2) is 29.2 Å². The van der Waals surface area contributed by atoms with E-state index in [-0.39, 0.29) is 23.2 Å². The predicted octanol–water partition coefficient (Wildman–Crippen LogP) is 0.591. The fraction of sp³-hybridized carbons (Fsp3) is 0.538. The monoisotopic (exact) mass is 298 g/mol. The minimum absolute atomic E-state index is 0.0908. The number of epoxide rings is 1. The molecule has 3 saturated heterocycles. The van der Waals surface area contributed by atoms with Crippen LogP contribution in [-0.2, 0) is 28.5 Å². The van der Waals surface area contributed by atoms with Gasteiger partial charge in [0.25, 0.3) is 10.1 Å². The molecule has 1 aromatic carbocycles. The van der Waals surface area contributed by atoms with Crippen LogP contribution < -0.4 is 0 Å². The van der Waals surface area contributed by atoms with Crippen molar-refractivity contribution in [3.05, 3.63) is 29.8 Å². The molecule has 0 radical (unpaired) electrons. The molecule has 0 aliphatic carbocycles. The van der Waals surface area contributed by atoms with Crippen LogP contribution in [0.4, 0.5) is 0 Å². The molecule has 0 unspecified atom stereocenters. The second-order valence-corrected chi connectivity index (χ2v) is 6.84. The fourth-order valence-electron chi connectivity index (χ4n) is 2.65. The van der Waals surface area contributed by atoms with Gasteiger partial charge in [-0.25, -0.2) is 0 Å². The Morgan fingerprint density at radius 3 is 2.65 bits per heavy atom. The average molecular weight is 298 g/mol. The lowest BCUT2D eigenvalue weighted by atomic mass is 10.1. The zero-order valence-electron chi connectivity index (χ0n) is 10.8. The second kappa shape index (κ2) is 4.25. The molecule has 0 amide bonds. The van der Waals surface area contributed by atoms with E-state index in [4.69, 9.17) is 18.4 Å². The molecule has 0 aromatic heterocycles. The number of hydrogen-bond acceptors (Lipinski definition) is 6. The SMILES string of the molecule is Cc1ccc(S(=O)(=O)O[C@H]2[C@@H]3OC[C@@H](O3)[C@@H]3O[C@@H]32)cc1. The minimum atomic E-state index is -3.85. The minimum Gasteiger partial charge on any atom is -0.364 e. The molecule has 3 heterocycles. The maximum absolute atomic E-state index is 12.3. The third kappa shape index (κ3) is 1.97. The van der Waals surface area contributed by atoms with Crippen molar-refractivity contribution in [2.75, 3.05) is 6.61 Å². The molecule has 3 aliphatic rings. The molecule has 1 aromatic rings. The van der Waals surface area contributed by atoms with Crippen LogP contribution in [0.25, 0.3) is 0 Å². The Morgan fingerprint density at radius 1 is 1.15 bits per heavy atom. The number of ether oxygens (including phenoxy) is 3. The van der Waals surface area contributed by atoms with Gasteiger partial charge in [-0.3, -0.25) is 4.18 Å². The third-order valence-electron chi connectivity index (χ3n) is 3.80. The summed E-state index contributed by atoms with van der Waals surface area (Å²) in [6.45, 7) is 2.32. The predicted molar refractivity (Wildman–Crippen MR) is 66.5 cm³/mol. The Labute approximate surface area is 116 Å². The average Bonchev–Trinajstić information content (AvgIpc) is 3.09. The highest BCUT2D eigenvalue weighted by atomic mass is 32.2. The van der Waals surface area contributed by atoms with Crippen LogP contribution in [0.1, 0.15) is 5.56 Å². The molecule has 7 heteroatoms. The summed E-state index contributed by atoms with van der Waals surface area (Å²) in [5, 5.41) is 0. The molecule has 0 spiro atoms. The van der Waals surface area contributed by atoms with Crippen LogP contribution in [-0.4, -0.2) is 45.7 Å². The van der Waals surface area contributed by atoms with Crippen molar-refractivity contribution >= 4 is 10.1 Å². The smallest absolute Gasteiger partial charge is 0.297 e. The zero-order valence-corrected chi connectivity index (χ0v) is 11.6. The van der Waals surface area contributed by atoms with Gasteiger partial charge in [0.15, 0.2) is 12.4 Å². The summed E-state index contributed by atoms with van der Waals surface area (Å²) in [5.74, 6) is 0. The summed E-state index contributed by atoms with van der Waals surface area (Å²) in [4.78, 5) is 0.125. The highest BCUT2D eigenvalue weighted by Crippen LogP contribution is 2.43. The van der Waals surface area contributed by atoms with Crippen molar-refractivity contribution in [2.45, 2.75) is 42.5 Å². The van der Waals surface area contributed by atoms with Crippen molar-refractivity contribution < 1.29 is 26.8 Å². The lowest BCUT2D eigenvalue weighted by molar-refractivity contribution is -0.133. The van der Waals surface area contributed by atoms with Gasteiger partial charge in [0.2, 0.25) is 0 Å². The van der Waals surface area contributed by atoms with E-state index in [1.54, 1.807) is 12.1 Å². The van der Waals surface area contributed by atoms with Gasteiger partial charge < -0.3 is 14.2 Å². The van der Waals surface area contributed by atoms with E-state index < -0.39 is 22.5 Å². The third-order valence-corrected chi connectivity index (χ3v) is 5.13. The van der Waals surface area contributed by atoms with Gasteiger partial charge >= 0.3 is 0 Å². The summed E-state index contributed by atoms with van der Waals surface area (Å²) in [6.07, 6.45) is -1.84. The first-order valence-corrected chi connectivity index (χ1v) is 7.88. The second-order valence-electron chi connectivity index (χ2n) is 5.27. The van der Waals surface area contributed by atoms with E-state index in [1.165, 1.54) is 12.1 Å². The first-order chi connectivity index (χ1) is 9.54. The van der Waals surface area contributed by atoms with Crippen LogP contribution in [0.3, 0.4) is 0 Å². The van der Waals surface area contributed by atoms with Crippen molar-refractivity contribution in [2.24, 2.45) is 0 Å². The summed E-state index contributed by atoms with van der Waals surface area (Å²) in [6, 6.07) is 6.51. The Morgan fingerprint density at radius 2 is 1.90 bits per heavy atom. The highest BCUT2D eigenvalue weighted by Gasteiger charge is 2.63. The first kappa shape index (κ1) is 12.7. The van der Waals surface area contributed by atoms with Crippen molar-refractivity contribution in [3.8, 4) is 0 Å². The molecule has 2 bridgehead atoms. The fourth-order valence-corrected chi connectivity index (χ4v) is 3.72. The molecule has 4 rings (SSSR count). The molecule has 3 aliphatic heterocycles. The number of rotatable bonds is 3. The van der Waals surface area contributed by atoms with Gasteiger partial charge in [-0.05, 0) is 19.1 Å². The quantitative estimate of drug-likeness (QED) is 0.600. The maximum atomic E-state index is 12.3. The van der Waals surface area contributed by atoms with Gasteiger partial charge in [-0.15, -0.1) is 0 Å². The van der Waals surface area contributed by atoms with Crippen LogP contribution >= 0.6 is 0 Å². The van der Waals surface area contributed by atoms with Gasteiger partial charge in [0.1, 0.15) is 18.3 Å². The number of benzene rings is 1. The highest BCUT2D eigenvalue weighted by molar-refractivity contribution is 7.86. The van der Waals surface area contributed by atoms with Gasteiger partial charge in [-0.1, -0.05) is 17.7 Å². The van der Waals surface area contributed by atoms with E-state index in [1.807, 2.05) is 6.92 Å². The van der Waals surface area contributed by atoms with Gasteiger partial charge in [0, 0.05) is 0 Å². The van der Waals surface area contributed by atoms with Gasteiger partial charge in [-0.2, -0.15) is 8.42 Å². The molecule has 0 N–H and O–H groups in total. The molecule has 0 saturated carbocycles. The molecular formula is C13H14O6S. The van der Waals surface area contributed by atoms with Crippen LogP contribution in [0.2, 0.25) is 0 Å². The van der Waals surface area contributed by atoms with Crippen LogP contribution in [0.5, 0.6) is 0 Å². The van der Waals surface area contributed by atoms with E-state index in [9.17, 15) is 8.42 Å². The lowest BCUT2D eigenvalue weighted by Crippen LogP contribution is -2.42. The standard InChI is InChI=1S/C13H14O6S/c1-7-2-4-8(5-3-7)20(14,15)19-12-11-10(18-11)9-6-16-13(12)17-9/h2-5,9-13H,6H2,1H3/t9-,10+,11+,12-,13-/m1/s1. The van der Waals surface area contributed by atoms with Crippen molar-refractivity contribution in [3.63, 3.8) is 0 Å². The summed E-state index contributed by atoms with van der Waals surface area (Å²) in [5.41, 5.74) is 0.984. The Kier molecular flexibility index (Phi) is 2.71. The summed E-state index contributed by atoms with van der Waals surface area (Å²) < 4.78 is 46.2. The molecule has 6 nitrogen and oxygen atoms in total. The molecular weight excluding hydrogens is 284 g/mol. The molecule has 108 valence electrons. The summed E-state index contributed by atoms with van der Waals surface area (Å²) >= 11 is 0. The van der Waals surface area contributed by atoms with E-state index in [2.05, 4.69) is 0 Å². The summed E-state index contributed by atoms with van der Waals surface area (Å²) in [7, 11) is -3.85. The van der Waals surface area contributed by atoms with E-state index in [0.29, 0.717) is 6.61 Å². The lowest BCUT2D eigenvalue weighted by Gasteiger charge is -2.23. The maximum Gasteiger partial charge on any atom is 0.297 e. The molecule has 20 heavy (non-hydrogen) atoms. The van der Waals surface area contributed by atoms with E-state index >= 15 is 0 Å². The van der Waals surface area contributed by atoms with Crippen molar-refractivity contribution in [1.29, 1.82) is 0 Å².